The molecule has 0 unspecified atom stereocenters. The van der Waals surface area contributed by atoms with Crippen LogP contribution in [0.25, 0.3) is 0 Å². The SMILES string of the molecule is Cc1ccc(S(=O)(=O)NC2CC2)cc1C(=O)N1CCC(NC(=O)c2ccc(F)cc2)CC1. The van der Waals surface area contributed by atoms with Gasteiger partial charge in [0.25, 0.3) is 11.8 Å². The number of carbonyl (C=O) groups excluding carboxylic acids is 2. The van der Waals surface area contributed by atoms with Gasteiger partial charge in [-0.25, -0.2) is 17.5 Å². The van der Waals surface area contributed by atoms with Gasteiger partial charge in [0.1, 0.15) is 5.82 Å². The number of rotatable bonds is 6. The molecule has 1 saturated carbocycles. The number of carbonyl (C=O) groups is 2. The van der Waals surface area contributed by atoms with Gasteiger partial charge in [-0.2, -0.15) is 0 Å². The highest BCUT2D eigenvalue weighted by Gasteiger charge is 2.30. The molecule has 2 aromatic carbocycles. The van der Waals surface area contributed by atoms with E-state index in [4.69, 9.17) is 0 Å². The quantitative estimate of drug-likeness (QED) is 0.694. The predicted octanol–water partition coefficient (Wildman–Crippen LogP) is 2.61. The lowest BCUT2D eigenvalue weighted by Crippen LogP contribution is -2.46. The van der Waals surface area contributed by atoms with Crippen molar-refractivity contribution in [2.24, 2.45) is 0 Å². The van der Waals surface area contributed by atoms with Crippen LogP contribution in [0.5, 0.6) is 0 Å². The van der Waals surface area contributed by atoms with E-state index in [1.54, 1.807) is 17.9 Å². The number of hydrogen-bond acceptors (Lipinski definition) is 4. The number of aryl methyl sites for hydroxylation is 1. The van der Waals surface area contributed by atoms with Crippen LogP contribution in [0.1, 0.15) is 52.0 Å². The van der Waals surface area contributed by atoms with Gasteiger partial charge in [0.2, 0.25) is 10.0 Å². The maximum Gasteiger partial charge on any atom is 0.254 e. The average Bonchev–Trinajstić information content (AvgIpc) is 3.58. The van der Waals surface area contributed by atoms with Gasteiger partial charge in [0.05, 0.1) is 4.90 Å². The lowest BCUT2D eigenvalue weighted by molar-refractivity contribution is 0.0697. The van der Waals surface area contributed by atoms with E-state index in [9.17, 15) is 22.4 Å². The molecular weight excluding hydrogens is 433 g/mol. The van der Waals surface area contributed by atoms with Gasteiger partial charge >= 0.3 is 0 Å². The minimum Gasteiger partial charge on any atom is -0.349 e. The smallest absolute Gasteiger partial charge is 0.254 e. The summed E-state index contributed by atoms with van der Waals surface area (Å²) in [5.74, 6) is -0.884. The van der Waals surface area contributed by atoms with Crippen LogP contribution in [0.3, 0.4) is 0 Å². The summed E-state index contributed by atoms with van der Waals surface area (Å²) < 4.78 is 40.7. The van der Waals surface area contributed by atoms with E-state index < -0.39 is 15.8 Å². The van der Waals surface area contributed by atoms with E-state index in [0.717, 1.165) is 12.8 Å². The fourth-order valence-electron chi connectivity index (χ4n) is 3.75. The Morgan fingerprint density at radius 2 is 1.62 bits per heavy atom. The van der Waals surface area contributed by atoms with Gasteiger partial charge in [-0.15, -0.1) is 0 Å². The summed E-state index contributed by atoms with van der Waals surface area (Å²) in [4.78, 5) is 27.2. The Bertz CT molecular complexity index is 1120. The van der Waals surface area contributed by atoms with E-state index in [2.05, 4.69) is 10.0 Å². The van der Waals surface area contributed by atoms with Crippen molar-refractivity contribution in [2.45, 2.75) is 49.6 Å². The first-order valence-corrected chi connectivity index (χ1v) is 12.2. The Balaban J connectivity index is 1.38. The molecule has 2 aliphatic rings. The zero-order valence-electron chi connectivity index (χ0n) is 17.8. The number of likely N-dealkylation sites (tertiary alicyclic amines) is 1. The molecule has 4 rings (SSSR count). The van der Waals surface area contributed by atoms with Crippen molar-refractivity contribution >= 4 is 21.8 Å². The molecule has 1 aliphatic heterocycles. The molecule has 170 valence electrons. The highest BCUT2D eigenvalue weighted by Crippen LogP contribution is 2.24. The Labute approximate surface area is 187 Å². The summed E-state index contributed by atoms with van der Waals surface area (Å²) in [6, 6.07) is 9.89. The number of nitrogens with zero attached hydrogens (tertiary/aromatic N) is 1. The molecule has 7 nitrogen and oxygen atoms in total. The highest BCUT2D eigenvalue weighted by molar-refractivity contribution is 7.89. The van der Waals surface area contributed by atoms with Gasteiger partial charge in [-0.05, 0) is 74.6 Å². The molecule has 2 amide bonds. The second kappa shape index (κ2) is 8.99. The van der Waals surface area contributed by atoms with Crippen molar-refractivity contribution in [3.63, 3.8) is 0 Å². The summed E-state index contributed by atoms with van der Waals surface area (Å²) >= 11 is 0. The van der Waals surface area contributed by atoms with Crippen LogP contribution in [0, 0.1) is 12.7 Å². The molecule has 1 heterocycles. The molecule has 0 bridgehead atoms. The fourth-order valence-corrected chi connectivity index (χ4v) is 5.09. The van der Waals surface area contributed by atoms with Gasteiger partial charge < -0.3 is 10.2 Å². The maximum atomic E-state index is 13.1. The van der Waals surface area contributed by atoms with Crippen molar-refractivity contribution in [2.75, 3.05) is 13.1 Å². The van der Waals surface area contributed by atoms with E-state index in [1.165, 1.54) is 36.4 Å². The summed E-state index contributed by atoms with van der Waals surface area (Å²) in [5.41, 5.74) is 1.47. The van der Waals surface area contributed by atoms with Crippen LogP contribution in [-0.2, 0) is 10.0 Å². The molecule has 2 aromatic rings. The van der Waals surface area contributed by atoms with Crippen LogP contribution in [0.4, 0.5) is 4.39 Å². The summed E-state index contributed by atoms with van der Waals surface area (Å²) in [6.45, 7) is 2.68. The first-order chi connectivity index (χ1) is 15.2. The van der Waals surface area contributed by atoms with Crippen molar-refractivity contribution in [3.05, 3.63) is 65.0 Å². The van der Waals surface area contributed by atoms with Gasteiger partial charge in [-0.3, -0.25) is 9.59 Å². The summed E-state index contributed by atoms with van der Waals surface area (Å²) in [6.07, 6.45) is 2.84. The summed E-state index contributed by atoms with van der Waals surface area (Å²) in [7, 11) is -3.64. The van der Waals surface area contributed by atoms with Gasteiger partial charge in [0.15, 0.2) is 0 Å². The van der Waals surface area contributed by atoms with E-state index in [0.29, 0.717) is 42.6 Å². The molecule has 0 spiro atoms. The molecule has 0 atom stereocenters. The third kappa shape index (κ3) is 5.16. The monoisotopic (exact) mass is 459 g/mol. The largest absolute Gasteiger partial charge is 0.349 e. The van der Waals surface area contributed by atoms with Crippen LogP contribution in [-0.4, -0.2) is 50.3 Å². The lowest BCUT2D eigenvalue weighted by Gasteiger charge is -2.33. The lowest BCUT2D eigenvalue weighted by atomic mass is 10.0. The second-order valence-corrected chi connectivity index (χ2v) is 10.1. The van der Waals surface area contributed by atoms with E-state index in [-0.39, 0.29) is 28.8 Å². The zero-order valence-corrected chi connectivity index (χ0v) is 18.6. The number of piperidine rings is 1. The molecule has 2 N–H and O–H groups in total. The van der Waals surface area contributed by atoms with Crippen LogP contribution in [0.2, 0.25) is 0 Å². The number of halogens is 1. The molecule has 9 heteroatoms. The molecule has 1 aliphatic carbocycles. The Hall–Kier alpha value is -2.78. The number of sulfonamides is 1. The third-order valence-electron chi connectivity index (χ3n) is 5.87. The van der Waals surface area contributed by atoms with Crippen LogP contribution in [0.15, 0.2) is 47.4 Å². The van der Waals surface area contributed by atoms with Crippen molar-refractivity contribution in [1.29, 1.82) is 0 Å². The number of amides is 2. The molecule has 0 radical (unpaired) electrons. The molecule has 32 heavy (non-hydrogen) atoms. The molecule has 0 aromatic heterocycles. The first-order valence-electron chi connectivity index (χ1n) is 10.7. The second-order valence-electron chi connectivity index (χ2n) is 8.42. The van der Waals surface area contributed by atoms with Crippen LogP contribution < -0.4 is 10.0 Å². The third-order valence-corrected chi connectivity index (χ3v) is 7.39. The Kier molecular flexibility index (Phi) is 6.30. The number of nitrogens with one attached hydrogen (secondary N) is 2. The average molecular weight is 460 g/mol. The standard InChI is InChI=1S/C23H26FN3O4S/c1-15-2-9-20(32(30,31)26-19-7-8-19)14-21(15)23(29)27-12-10-18(11-13-27)25-22(28)16-3-5-17(24)6-4-16/h2-6,9,14,18-19,26H,7-8,10-13H2,1H3,(H,25,28). The summed E-state index contributed by atoms with van der Waals surface area (Å²) in [5, 5.41) is 2.93. The predicted molar refractivity (Wildman–Crippen MR) is 117 cm³/mol. The molecule has 1 saturated heterocycles. The van der Waals surface area contributed by atoms with E-state index in [1.807, 2.05) is 0 Å². The Morgan fingerprint density at radius 1 is 0.969 bits per heavy atom. The highest BCUT2D eigenvalue weighted by atomic mass is 32.2. The first kappa shape index (κ1) is 22.4. The topological polar surface area (TPSA) is 95.6 Å². The zero-order chi connectivity index (χ0) is 22.9. The minimum absolute atomic E-state index is 0.00963. The number of benzene rings is 2. The number of hydrogen-bond donors (Lipinski definition) is 2. The van der Waals surface area contributed by atoms with Gasteiger partial charge in [-0.1, -0.05) is 6.07 Å². The molecule has 2 fully saturated rings. The van der Waals surface area contributed by atoms with E-state index >= 15 is 0 Å². The van der Waals surface area contributed by atoms with Crippen molar-refractivity contribution < 1.29 is 22.4 Å². The van der Waals surface area contributed by atoms with Crippen molar-refractivity contribution in [1.82, 2.24) is 14.9 Å². The van der Waals surface area contributed by atoms with Crippen molar-refractivity contribution in [3.8, 4) is 0 Å². The Morgan fingerprint density at radius 3 is 2.25 bits per heavy atom. The van der Waals surface area contributed by atoms with Gasteiger partial charge in [0, 0.05) is 36.3 Å². The molecular formula is C23H26FN3O4S. The maximum absolute atomic E-state index is 13.1. The van der Waals surface area contributed by atoms with Crippen LogP contribution >= 0.6 is 0 Å². The normalized spacial score (nSPS) is 17.2. The minimum atomic E-state index is -3.64. The fraction of sp³-hybridized carbons (Fsp3) is 0.391.